The third-order valence-electron chi connectivity index (χ3n) is 4.24. The maximum absolute atomic E-state index is 12.7. The highest BCUT2D eigenvalue weighted by Gasteiger charge is 2.33. The van der Waals surface area contributed by atoms with E-state index in [1.165, 1.54) is 0 Å². The molecule has 1 aromatic rings. The molecule has 0 heterocycles. The predicted molar refractivity (Wildman–Crippen MR) is 77.4 cm³/mol. The molecule has 0 radical (unpaired) electrons. The summed E-state index contributed by atoms with van der Waals surface area (Å²) in [6.45, 7) is 6.77. The van der Waals surface area contributed by atoms with Crippen LogP contribution in [-0.2, 0) is 4.79 Å². The van der Waals surface area contributed by atoms with E-state index in [-0.39, 0.29) is 17.6 Å². The summed E-state index contributed by atoms with van der Waals surface area (Å²) in [6.07, 6.45) is 3.29. The zero-order valence-electron chi connectivity index (χ0n) is 12.0. The third-order valence-corrected chi connectivity index (χ3v) is 4.24. The van der Waals surface area contributed by atoms with Gasteiger partial charge in [-0.1, -0.05) is 19.4 Å². The number of hydrogen-bond donors (Lipinski definition) is 1. The van der Waals surface area contributed by atoms with E-state index in [0.717, 1.165) is 30.5 Å². The quantitative estimate of drug-likeness (QED) is 0.904. The molecule has 2 atom stereocenters. The first-order valence-electron chi connectivity index (χ1n) is 7.15. The van der Waals surface area contributed by atoms with Gasteiger partial charge in [-0.15, -0.1) is 0 Å². The maximum atomic E-state index is 12.7. The number of phenols is 1. The molecular formula is C16H23NO2. The number of aryl methyl sites for hydroxylation is 1. The lowest BCUT2D eigenvalue weighted by Crippen LogP contribution is -2.37. The van der Waals surface area contributed by atoms with Crippen molar-refractivity contribution in [1.82, 2.24) is 0 Å². The first kappa shape index (κ1) is 13.9. The van der Waals surface area contributed by atoms with Crippen molar-refractivity contribution < 1.29 is 9.90 Å². The molecule has 1 aromatic carbocycles. The fourth-order valence-electron chi connectivity index (χ4n) is 3.05. The van der Waals surface area contributed by atoms with Crippen molar-refractivity contribution >= 4 is 11.6 Å². The van der Waals surface area contributed by atoms with E-state index in [4.69, 9.17) is 0 Å². The van der Waals surface area contributed by atoms with E-state index >= 15 is 0 Å². The number of rotatable bonds is 3. The zero-order valence-corrected chi connectivity index (χ0v) is 12.0. The van der Waals surface area contributed by atoms with E-state index in [9.17, 15) is 9.90 Å². The van der Waals surface area contributed by atoms with Gasteiger partial charge in [-0.3, -0.25) is 4.79 Å². The van der Waals surface area contributed by atoms with Gasteiger partial charge in [-0.25, -0.2) is 0 Å². The van der Waals surface area contributed by atoms with Crippen LogP contribution in [0.15, 0.2) is 18.2 Å². The average molecular weight is 261 g/mol. The van der Waals surface area contributed by atoms with Gasteiger partial charge in [-0.2, -0.15) is 0 Å². The summed E-state index contributed by atoms with van der Waals surface area (Å²) in [5, 5.41) is 9.64. The number of benzene rings is 1. The smallest absolute Gasteiger partial charge is 0.230 e. The molecule has 1 aliphatic rings. The number of anilines is 1. The second-order valence-corrected chi connectivity index (χ2v) is 5.57. The van der Waals surface area contributed by atoms with Crippen molar-refractivity contribution in [1.29, 1.82) is 0 Å². The van der Waals surface area contributed by atoms with E-state index in [1.807, 2.05) is 24.8 Å². The molecule has 2 unspecified atom stereocenters. The van der Waals surface area contributed by atoms with Crippen molar-refractivity contribution in [2.75, 3.05) is 11.4 Å². The number of aromatic hydroxyl groups is 1. The van der Waals surface area contributed by atoms with E-state index < -0.39 is 0 Å². The molecule has 2 rings (SSSR count). The van der Waals surface area contributed by atoms with Crippen LogP contribution in [0.1, 0.15) is 38.7 Å². The highest BCUT2D eigenvalue weighted by molar-refractivity contribution is 5.96. The number of hydrogen-bond acceptors (Lipinski definition) is 2. The molecule has 1 fully saturated rings. The molecule has 0 bridgehead atoms. The topological polar surface area (TPSA) is 40.5 Å². The zero-order chi connectivity index (χ0) is 14.0. The van der Waals surface area contributed by atoms with Crippen LogP contribution < -0.4 is 4.90 Å². The molecule has 0 spiro atoms. The predicted octanol–water partition coefficient (Wildman–Crippen LogP) is 3.49. The Balaban J connectivity index is 2.28. The lowest BCUT2D eigenvalue weighted by Gasteiger charge is -2.27. The highest BCUT2D eigenvalue weighted by Crippen LogP contribution is 2.35. The molecule has 3 nitrogen and oxygen atoms in total. The van der Waals surface area contributed by atoms with Crippen LogP contribution in [0.4, 0.5) is 5.69 Å². The number of carbonyl (C=O) groups is 1. The van der Waals surface area contributed by atoms with Gasteiger partial charge in [0.1, 0.15) is 5.75 Å². The van der Waals surface area contributed by atoms with Crippen molar-refractivity contribution in [3.05, 3.63) is 23.8 Å². The Bertz CT molecular complexity index is 470. The molecule has 0 saturated heterocycles. The molecule has 0 aliphatic heterocycles. The van der Waals surface area contributed by atoms with Crippen molar-refractivity contribution in [3.8, 4) is 5.75 Å². The van der Waals surface area contributed by atoms with Crippen LogP contribution in [0.25, 0.3) is 0 Å². The highest BCUT2D eigenvalue weighted by atomic mass is 16.3. The molecule has 3 heteroatoms. The summed E-state index contributed by atoms with van der Waals surface area (Å²) >= 11 is 0. The van der Waals surface area contributed by atoms with Gasteiger partial charge >= 0.3 is 0 Å². The Morgan fingerprint density at radius 3 is 2.74 bits per heavy atom. The van der Waals surface area contributed by atoms with E-state index in [0.29, 0.717) is 12.5 Å². The summed E-state index contributed by atoms with van der Waals surface area (Å²) in [5.74, 6) is 1.04. The SMILES string of the molecule is CCN(C(=O)C1CCCC1C)c1cc(O)ccc1C. The average Bonchev–Trinajstić information content (AvgIpc) is 2.80. The molecule has 1 aliphatic carbocycles. The Morgan fingerprint density at radius 2 is 2.16 bits per heavy atom. The monoisotopic (exact) mass is 261 g/mol. The minimum atomic E-state index is 0.140. The fraction of sp³-hybridized carbons (Fsp3) is 0.562. The van der Waals surface area contributed by atoms with Gasteiger partial charge in [0.2, 0.25) is 5.91 Å². The number of nitrogens with zero attached hydrogens (tertiary/aromatic N) is 1. The van der Waals surface area contributed by atoms with Gasteiger partial charge in [0.05, 0.1) is 5.69 Å². The third kappa shape index (κ3) is 2.75. The van der Waals surface area contributed by atoms with Crippen molar-refractivity contribution in [2.45, 2.75) is 40.0 Å². The fourth-order valence-corrected chi connectivity index (χ4v) is 3.05. The Kier molecular flexibility index (Phi) is 4.13. The molecule has 1 amide bonds. The van der Waals surface area contributed by atoms with Crippen LogP contribution in [-0.4, -0.2) is 17.6 Å². The largest absolute Gasteiger partial charge is 0.508 e. The number of phenolic OH excluding ortho intramolecular Hbond substituents is 1. The lowest BCUT2D eigenvalue weighted by atomic mass is 9.96. The van der Waals surface area contributed by atoms with Crippen LogP contribution in [0.2, 0.25) is 0 Å². The van der Waals surface area contributed by atoms with Gasteiger partial charge in [0, 0.05) is 18.5 Å². The van der Waals surface area contributed by atoms with E-state index in [2.05, 4.69) is 6.92 Å². The second-order valence-electron chi connectivity index (χ2n) is 5.57. The van der Waals surface area contributed by atoms with Gasteiger partial charge < -0.3 is 10.0 Å². The number of amides is 1. The Labute approximate surface area is 115 Å². The van der Waals surface area contributed by atoms with Crippen molar-refractivity contribution in [2.24, 2.45) is 11.8 Å². The molecule has 104 valence electrons. The van der Waals surface area contributed by atoms with Gasteiger partial charge in [0.15, 0.2) is 0 Å². The maximum Gasteiger partial charge on any atom is 0.230 e. The second kappa shape index (κ2) is 5.64. The molecule has 19 heavy (non-hydrogen) atoms. The summed E-state index contributed by atoms with van der Waals surface area (Å²) in [5.41, 5.74) is 1.87. The van der Waals surface area contributed by atoms with Crippen LogP contribution in [0.5, 0.6) is 5.75 Å². The first-order valence-corrected chi connectivity index (χ1v) is 7.15. The lowest BCUT2D eigenvalue weighted by molar-refractivity contribution is -0.123. The summed E-state index contributed by atoms with van der Waals surface area (Å²) in [4.78, 5) is 14.5. The molecule has 1 saturated carbocycles. The number of carbonyl (C=O) groups excluding carboxylic acids is 1. The minimum absolute atomic E-state index is 0.140. The normalized spacial score (nSPS) is 22.5. The minimum Gasteiger partial charge on any atom is -0.508 e. The van der Waals surface area contributed by atoms with E-state index in [1.54, 1.807) is 12.1 Å². The summed E-state index contributed by atoms with van der Waals surface area (Å²) in [7, 11) is 0. The molecule has 1 N–H and O–H groups in total. The summed E-state index contributed by atoms with van der Waals surface area (Å²) < 4.78 is 0. The standard InChI is InChI=1S/C16H23NO2/c1-4-17(15-10-13(18)9-8-12(15)3)16(19)14-7-5-6-11(14)2/h8-11,14,18H,4-7H2,1-3H3. The Hall–Kier alpha value is -1.51. The Morgan fingerprint density at radius 1 is 1.42 bits per heavy atom. The van der Waals surface area contributed by atoms with Crippen LogP contribution in [0, 0.1) is 18.8 Å². The first-order chi connectivity index (χ1) is 9.04. The van der Waals surface area contributed by atoms with Crippen LogP contribution in [0.3, 0.4) is 0 Å². The molecule has 0 aromatic heterocycles. The molecular weight excluding hydrogens is 238 g/mol. The van der Waals surface area contributed by atoms with Gasteiger partial charge in [-0.05, 0) is 44.2 Å². The van der Waals surface area contributed by atoms with Crippen molar-refractivity contribution in [3.63, 3.8) is 0 Å². The van der Waals surface area contributed by atoms with Crippen LogP contribution >= 0.6 is 0 Å². The summed E-state index contributed by atoms with van der Waals surface area (Å²) in [6, 6.07) is 5.21. The van der Waals surface area contributed by atoms with Gasteiger partial charge in [0.25, 0.3) is 0 Å².